The zero-order chi connectivity index (χ0) is 12.0. The van der Waals surface area contributed by atoms with Gasteiger partial charge in [0.25, 0.3) is 0 Å². The molecule has 0 rings (SSSR count). The topological polar surface area (TPSA) is 237 Å². The van der Waals surface area contributed by atoms with Gasteiger partial charge in [0.1, 0.15) is 0 Å². The Balaban J connectivity index is -0.00000000321. The summed E-state index contributed by atoms with van der Waals surface area (Å²) in [5.41, 5.74) is 0. The van der Waals surface area contributed by atoms with E-state index < -0.39 is 0 Å². The second-order valence-electron chi connectivity index (χ2n) is 0. The van der Waals surface area contributed by atoms with Crippen molar-refractivity contribution in [1.29, 1.82) is 31.6 Å². The van der Waals surface area contributed by atoms with Gasteiger partial charge in [-0.15, -0.1) is 0 Å². The normalized spacial score (nSPS) is 0.750. The molecule has 0 bridgehead atoms. The molecule has 0 aliphatic carbocycles. The van der Waals surface area contributed by atoms with Crippen molar-refractivity contribution in [2.45, 2.75) is 0 Å². The van der Waals surface area contributed by atoms with Crippen LogP contribution < -0.4 is 0 Å². The monoisotopic (exact) mass is 312 g/mol. The van der Waals surface area contributed by atoms with Crippen molar-refractivity contribution in [3.8, 4) is 0 Å². The first kappa shape index (κ1) is 176. The van der Waals surface area contributed by atoms with Crippen molar-refractivity contribution in [1.82, 2.24) is 0 Å². The molecule has 0 spiro atoms. The zero-order valence-electron chi connectivity index (χ0n) is 7.54. The van der Waals surface area contributed by atoms with Crippen LogP contribution in [0.25, 0.3) is 0 Å². The number of hydrogen-bond acceptors (Lipinski definition) is 6. The summed E-state index contributed by atoms with van der Waals surface area (Å²) in [6.07, 6.45) is 0. The Hall–Kier alpha value is -2.56. The first-order chi connectivity index (χ1) is 6.00. The average molecular weight is 311 g/mol. The summed E-state index contributed by atoms with van der Waals surface area (Å²) in [5.74, 6) is 0. The van der Waals surface area contributed by atoms with Gasteiger partial charge >= 0.3 is 19.5 Å². The third kappa shape index (κ3) is 191. The molecule has 6 N–H and O–H groups in total. The fraction of sp³-hybridized carbons (Fsp3) is 0. The predicted molar refractivity (Wildman–Crippen MR) is 40.6 cm³/mol. The quantitative estimate of drug-likeness (QED) is 0.365. The molecule has 0 heterocycles. The average Bonchev–Trinajstić information content (AvgIpc) is 2.33. The van der Waals surface area contributed by atoms with E-state index in [0.717, 1.165) is 0 Å². The van der Waals surface area contributed by atoms with Gasteiger partial charge in [-0.1, -0.05) is 0 Å². The molecule has 0 aliphatic rings. The summed E-state index contributed by atoms with van der Waals surface area (Å²) in [5, 5.41) is 37.5. The van der Waals surface area contributed by atoms with E-state index in [0.29, 0.717) is 0 Å². The molecule has 0 fully saturated rings. The van der Waals surface area contributed by atoms with Gasteiger partial charge in [-0.2, -0.15) is 0 Å². The molecule has 86 valence electrons. The minimum absolute atomic E-state index is 0. The molecule has 0 atom stereocenters. The van der Waals surface area contributed by atoms with E-state index in [2.05, 4.69) is 0 Å². The Morgan fingerprint density at radius 1 is 0.312 bits per heavy atom. The van der Waals surface area contributed by atoms with Crippen LogP contribution in [-0.2, 0) is 19.5 Å². The van der Waals surface area contributed by atoms with E-state index in [1.54, 1.807) is 0 Å². The summed E-state index contributed by atoms with van der Waals surface area (Å²) in [7, 11) is 0. The van der Waals surface area contributed by atoms with Gasteiger partial charge in [0.2, 0.25) is 0 Å². The van der Waals surface area contributed by atoms with E-state index in [1.165, 1.54) is 0 Å². The van der Waals surface area contributed by atoms with Crippen molar-refractivity contribution in [2.75, 3.05) is 0 Å². The molecule has 0 amide bonds. The first-order valence-corrected chi connectivity index (χ1v) is 1.34. The third-order valence-corrected chi connectivity index (χ3v) is 0. The van der Waals surface area contributed by atoms with Crippen LogP contribution in [0.2, 0.25) is 0 Å². The standard InChI is InChI=1S/6CN.3H2O.Ru/c6*1-2;;;;/h;;;;;;3*1H2;/q6*-1;;;;+6. The Kier molecular flexibility index (Phi) is 2740. The van der Waals surface area contributed by atoms with E-state index in [9.17, 15) is 0 Å². The van der Waals surface area contributed by atoms with Gasteiger partial charge in [-0.3, -0.25) is 0 Å². The maximum atomic E-state index is 6.25. The molecule has 0 aromatic rings. The van der Waals surface area contributed by atoms with Gasteiger partial charge in [-0.05, 0) is 0 Å². The van der Waals surface area contributed by atoms with Crippen LogP contribution in [-0.4, -0.2) is 16.4 Å². The molecule has 0 saturated heterocycles. The number of rotatable bonds is 0. The smallest absolute Gasteiger partial charge is 0.512 e. The third-order valence-electron chi connectivity index (χ3n) is 0. The Morgan fingerprint density at radius 3 is 0.312 bits per heavy atom. The van der Waals surface area contributed by atoms with Crippen molar-refractivity contribution >= 4 is 0 Å². The van der Waals surface area contributed by atoms with Crippen molar-refractivity contribution in [2.24, 2.45) is 0 Å². The molecule has 0 radical (unpaired) electrons. The molecule has 0 saturated carbocycles. The SMILES string of the molecule is O.O.O.[C-]#N.[C-]#N.[C-]#N.[C-]#N.[C-]#N.[C-]#N.[Ru+6]. The van der Waals surface area contributed by atoms with Crippen molar-refractivity contribution in [3.63, 3.8) is 0 Å². The maximum Gasteiger partial charge on any atom is 6.00 e. The minimum Gasteiger partial charge on any atom is -0.512 e. The minimum atomic E-state index is 0. The van der Waals surface area contributed by atoms with Crippen LogP contribution in [0.15, 0.2) is 0 Å². The number of hydrogen-bond donors (Lipinski definition) is 0. The van der Waals surface area contributed by atoms with Crippen LogP contribution in [0.3, 0.4) is 0 Å². The summed E-state index contributed by atoms with van der Waals surface area (Å²) in [6.45, 7) is 28.5. The van der Waals surface area contributed by atoms with Crippen LogP contribution in [0, 0.1) is 71.0 Å². The van der Waals surface area contributed by atoms with E-state index in [1.807, 2.05) is 0 Å². The van der Waals surface area contributed by atoms with Crippen LogP contribution in [0.1, 0.15) is 0 Å². The Morgan fingerprint density at radius 2 is 0.312 bits per heavy atom. The van der Waals surface area contributed by atoms with E-state index in [-0.39, 0.29) is 35.9 Å². The summed E-state index contributed by atoms with van der Waals surface area (Å²) < 4.78 is 0. The Labute approximate surface area is 107 Å². The molecule has 0 aliphatic heterocycles. The predicted octanol–water partition coefficient (Wildman–Crippen LogP) is -1.90. The summed E-state index contributed by atoms with van der Waals surface area (Å²) in [4.78, 5) is 0. The molecule has 10 heteroatoms. The molecule has 0 unspecified atom stereocenters. The molecular weight excluding hydrogens is 305 g/mol. The van der Waals surface area contributed by atoms with E-state index in [4.69, 9.17) is 71.0 Å². The fourth-order valence-electron chi connectivity index (χ4n) is 0. The molecule has 0 aromatic heterocycles. The van der Waals surface area contributed by atoms with Crippen LogP contribution >= 0.6 is 0 Å². The first-order valence-electron chi connectivity index (χ1n) is 1.34. The molecular formula is C6H6N6O3Ru. The van der Waals surface area contributed by atoms with Gasteiger partial charge in [0, 0.05) is 0 Å². The van der Waals surface area contributed by atoms with E-state index >= 15 is 0 Å². The van der Waals surface area contributed by atoms with Crippen LogP contribution in [0.4, 0.5) is 0 Å². The molecule has 16 heavy (non-hydrogen) atoms. The second kappa shape index (κ2) is 249. The summed E-state index contributed by atoms with van der Waals surface area (Å²) >= 11 is 0. The van der Waals surface area contributed by atoms with Gasteiger partial charge in [-0.25, -0.2) is 0 Å². The largest absolute Gasteiger partial charge is 6.00 e. The zero-order valence-corrected chi connectivity index (χ0v) is 9.27. The maximum absolute atomic E-state index is 6.25. The molecule has 9 nitrogen and oxygen atoms in total. The van der Waals surface area contributed by atoms with Gasteiger partial charge < -0.3 is 87.4 Å². The second-order valence-corrected chi connectivity index (χ2v) is 0. The van der Waals surface area contributed by atoms with Crippen molar-refractivity contribution < 1.29 is 35.9 Å². The van der Waals surface area contributed by atoms with Gasteiger partial charge in [0.15, 0.2) is 0 Å². The van der Waals surface area contributed by atoms with Crippen LogP contribution in [0.5, 0.6) is 0 Å². The fourth-order valence-corrected chi connectivity index (χ4v) is 0. The Bertz CT molecular complexity index is 103. The molecule has 0 aromatic carbocycles. The number of nitrogens with zero attached hydrogens (tertiary/aromatic N) is 6. The van der Waals surface area contributed by atoms with Crippen molar-refractivity contribution in [3.05, 3.63) is 39.4 Å². The summed E-state index contributed by atoms with van der Waals surface area (Å²) in [6, 6.07) is 0. The van der Waals surface area contributed by atoms with Gasteiger partial charge in [0.05, 0.1) is 0 Å².